The van der Waals surface area contributed by atoms with E-state index in [2.05, 4.69) is 73.4 Å². The topological polar surface area (TPSA) is 12.5 Å². The van der Waals surface area contributed by atoms with E-state index < -0.39 is 0 Å². The van der Waals surface area contributed by atoms with Crippen LogP contribution in [0.4, 0.5) is 0 Å². The summed E-state index contributed by atoms with van der Waals surface area (Å²) in [5.74, 6) is 0.936. The van der Waals surface area contributed by atoms with Crippen LogP contribution in [0.2, 0.25) is 0 Å². The highest BCUT2D eigenvalue weighted by Gasteiger charge is 2.38. The lowest BCUT2D eigenvalue weighted by Gasteiger charge is -2.52. The number of ether oxygens (including phenoxy) is 1. The third kappa shape index (κ3) is 4.27. The fourth-order valence-corrected chi connectivity index (χ4v) is 4.79. The smallest absolute Gasteiger partial charge is 0.119 e. The summed E-state index contributed by atoms with van der Waals surface area (Å²) in [5.41, 5.74) is 4.12. The average molecular weight is 362 g/mol. The van der Waals surface area contributed by atoms with Crippen molar-refractivity contribution in [2.75, 3.05) is 0 Å². The van der Waals surface area contributed by atoms with Gasteiger partial charge in [0, 0.05) is 18.1 Å². The van der Waals surface area contributed by atoms with Crippen molar-refractivity contribution in [1.29, 1.82) is 0 Å². The Morgan fingerprint density at radius 3 is 2.41 bits per heavy atom. The standard InChI is InChI=1S/C25H31NO/c1-19-16-20(2)26(19)25-11-7-6-10-23(25)17-21-12-14-24(15-13-21)27-18-22-8-4-3-5-9-22/h3-5,8-9,12-15,17,19-20,25H,6-7,10-11,16,18H2,1-2H3/b23-17+. The molecule has 2 fully saturated rings. The number of hydrogen-bond donors (Lipinski definition) is 0. The van der Waals surface area contributed by atoms with Crippen LogP contribution in [0, 0.1) is 0 Å². The summed E-state index contributed by atoms with van der Waals surface area (Å²) in [4.78, 5) is 2.74. The van der Waals surface area contributed by atoms with E-state index in [4.69, 9.17) is 4.74 Å². The fourth-order valence-electron chi connectivity index (χ4n) is 4.79. The van der Waals surface area contributed by atoms with Crippen molar-refractivity contribution in [3.8, 4) is 5.75 Å². The zero-order valence-corrected chi connectivity index (χ0v) is 16.6. The van der Waals surface area contributed by atoms with E-state index in [1.807, 2.05) is 6.07 Å². The SMILES string of the molecule is CC1CC(C)N1C1CCCC/C1=C\c1ccc(OCc2ccccc2)cc1. The summed E-state index contributed by atoms with van der Waals surface area (Å²) >= 11 is 0. The number of benzene rings is 2. The van der Waals surface area contributed by atoms with Gasteiger partial charge in [0.05, 0.1) is 0 Å². The minimum Gasteiger partial charge on any atom is -0.489 e. The molecule has 27 heavy (non-hydrogen) atoms. The maximum Gasteiger partial charge on any atom is 0.119 e. The molecule has 1 saturated heterocycles. The van der Waals surface area contributed by atoms with Gasteiger partial charge < -0.3 is 4.74 Å². The zero-order valence-electron chi connectivity index (χ0n) is 16.6. The molecular weight excluding hydrogens is 330 g/mol. The monoisotopic (exact) mass is 361 g/mol. The van der Waals surface area contributed by atoms with Gasteiger partial charge in [-0.15, -0.1) is 0 Å². The van der Waals surface area contributed by atoms with Crippen molar-refractivity contribution in [1.82, 2.24) is 4.90 Å². The van der Waals surface area contributed by atoms with Gasteiger partial charge in [-0.2, -0.15) is 0 Å². The highest BCUT2D eigenvalue weighted by molar-refractivity contribution is 5.55. The van der Waals surface area contributed by atoms with Crippen LogP contribution in [0.1, 0.15) is 57.1 Å². The van der Waals surface area contributed by atoms with E-state index in [9.17, 15) is 0 Å². The number of nitrogens with zero attached hydrogens (tertiary/aromatic N) is 1. The van der Waals surface area contributed by atoms with Gasteiger partial charge in [0.2, 0.25) is 0 Å². The lowest BCUT2D eigenvalue weighted by atomic mass is 9.82. The van der Waals surface area contributed by atoms with Gasteiger partial charge in [-0.3, -0.25) is 4.90 Å². The molecule has 4 rings (SSSR count). The normalized spacial score (nSPS) is 27.3. The van der Waals surface area contributed by atoms with E-state index in [-0.39, 0.29) is 0 Å². The molecule has 0 aromatic heterocycles. The second kappa shape index (κ2) is 8.31. The summed E-state index contributed by atoms with van der Waals surface area (Å²) in [6, 6.07) is 21.0. The molecule has 2 aliphatic rings. The van der Waals surface area contributed by atoms with E-state index in [0.717, 1.165) is 17.8 Å². The van der Waals surface area contributed by atoms with Crippen molar-refractivity contribution in [2.45, 2.75) is 70.7 Å². The Labute approximate surface area is 163 Å². The van der Waals surface area contributed by atoms with Crippen LogP contribution in [-0.4, -0.2) is 23.0 Å². The van der Waals surface area contributed by atoms with Crippen molar-refractivity contribution in [3.05, 3.63) is 71.3 Å². The van der Waals surface area contributed by atoms with E-state index in [1.165, 1.54) is 43.2 Å². The Hall–Kier alpha value is -2.06. The Balaban J connectivity index is 1.43. The van der Waals surface area contributed by atoms with Crippen molar-refractivity contribution >= 4 is 6.08 Å². The van der Waals surface area contributed by atoms with Gasteiger partial charge in [-0.25, -0.2) is 0 Å². The van der Waals surface area contributed by atoms with Crippen LogP contribution in [-0.2, 0) is 6.61 Å². The Kier molecular flexibility index (Phi) is 5.63. The fraction of sp³-hybridized carbons (Fsp3) is 0.440. The molecule has 2 heteroatoms. The first-order chi connectivity index (χ1) is 13.2. The summed E-state index contributed by atoms with van der Waals surface area (Å²) in [5, 5.41) is 0. The molecular formula is C25H31NO. The van der Waals surface area contributed by atoms with Crippen LogP contribution in [0.5, 0.6) is 5.75 Å². The van der Waals surface area contributed by atoms with Crippen LogP contribution in [0.3, 0.4) is 0 Å². The Morgan fingerprint density at radius 2 is 1.70 bits per heavy atom. The first-order valence-electron chi connectivity index (χ1n) is 10.5. The second-order valence-corrected chi connectivity index (χ2v) is 8.21. The largest absolute Gasteiger partial charge is 0.489 e. The Bertz CT molecular complexity index is 757. The molecule has 3 atom stereocenters. The van der Waals surface area contributed by atoms with Gasteiger partial charge in [0.15, 0.2) is 0 Å². The maximum atomic E-state index is 5.92. The number of hydrogen-bond acceptors (Lipinski definition) is 2. The summed E-state index contributed by atoms with van der Waals surface area (Å²) in [6.07, 6.45) is 9.03. The molecule has 2 aromatic carbocycles. The molecule has 0 spiro atoms. The first-order valence-corrected chi connectivity index (χ1v) is 10.5. The summed E-state index contributed by atoms with van der Waals surface area (Å²) < 4.78 is 5.92. The van der Waals surface area contributed by atoms with Crippen LogP contribution >= 0.6 is 0 Å². The second-order valence-electron chi connectivity index (χ2n) is 8.21. The molecule has 2 aromatic rings. The van der Waals surface area contributed by atoms with Gasteiger partial charge >= 0.3 is 0 Å². The zero-order chi connectivity index (χ0) is 18.6. The minimum absolute atomic E-state index is 0.619. The van der Waals surface area contributed by atoms with Gasteiger partial charge in [-0.05, 0) is 62.8 Å². The van der Waals surface area contributed by atoms with Crippen LogP contribution in [0.15, 0.2) is 60.2 Å². The summed E-state index contributed by atoms with van der Waals surface area (Å²) in [6.45, 7) is 5.38. The highest BCUT2D eigenvalue weighted by atomic mass is 16.5. The molecule has 1 aliphatic heterocycles. The first kappa shape index (κ1) is 18.3. The van der Waals surface area contributed by atoms with Gasteiger partial charge in [-0.1, -0.05) is 60.5 Å². The average Bonchev–Trinajstić information content (AvgIpc) is 2.69. The van der Waals surface area contributed by atoms with Gasteiger partial charge in [0.1, 0.15) is 12.4 Å². The highest BCUT2D eigenvalue weighted by Crippen LogP contribution is 2.37. The molecule has 0 amide bonds. The predicted molar refractivity (Wildman–Crippen MR) is 113 cm³/mol. The minimum atomic E-state index is 0.619. The van der Waals surface area contributed by atoms with Crippen molar-refractivity contribution < 1.29 is 4.74 Å². The molecule has 0 bridgehead atoms. The van der Waals surface area contributed by atoms with Crippen LogP contribution in [0.25, 0.3) is 6.08 Å². The molecule has 1 heterocycles. The van der Waals surface area contributed by atoms with E-state index in [1.54, 1.807) is 5.57 Å². The van der Waals surface area contributed by atoms with Crippen LogP contribution < -0.4 is 4.74 Å². The molecule has 3 unspecified atom stereocenters. The van der Waals surface area contributed by atoms with Crippen molar-refractivity contribution in [3.63, 3.8) is 0 Å². The molecule has 1 saturated carbocycles. The molecule has 142 valence electrons. The molecule has 0 N–H and O–H groups in total. The third-order valence-electron chi connectivity index (χ3n) is 6.16. The maximum absolute atomic E-state index is 5.92. The van der Waals surface area contributed by atoms with Crippen molar-refractivity contribution in [2.24, 2.45) is 0 Å². The lowest BCUT2D eigenvalue weighted by Crippen LogP contribution is -2.58. The number of likely N-dealkylation sites (tertiary alicyclic amines) is 1. The quantitative estimate of drug-likeness (QED) is 0.640. The van der Waals surface area contributed by atoms with E-state index in [0.29, 0.717) is 12.6 Å². The summed E-state index contributed by atoms with van der Waals surface area (Å²) in [7, 11) is 0. The van der Waals surface area contributed by atoms with E-state index >= 15 is 0 Å². The number of rotatable bonds is 5. The third-order valence-corrected chi connectivity index (χ3v) is 6.16. The molecule has 0 radical (unpaired) electrons. The lowest BCUT2D eigenvalue weighted by molar-refractivity contribution is -0.000523. The van der Waals surface area contributed by atoms with Gasteiger partial charge in [0.25, 0.3) is 0 Å². The predicted octanol–water partition coefficient (Wildman–Crippen LogP) is 6.07. The Morgan fingerprint density at radius 1 is 0.963 bits per heavy atom. The molecule has 2 nitrogen and oxygen atoms in total. The molecule has 1 aliphatic carbocycles.